The predicted molar refractivity (Wildman–Crippen MR) is 71.7 cm³/mol. The molecule has 4 atom stereocenters. The van der Waals surface area contributed by atoms with E-state index in [4.69, 9.17) is 19.5 Å². The van der Waals surface area contributed by atoms with E-state index in [1.165, 1.54) is 6.33 Å². The first-order valence-electron chi connectivity index (χ1n) is 6.46. The van der Waals surface area contributed by atoms with Gasteiger partial charge in [0, 0.05) is 6.42 Å². The average molecular weight is 329 g/mol. The Balaban J connectivity index is 1.69. The molecule has 1 unspecified atom stereocenters. The molecule has 2 aliphatic rings. The SMILES string of the molecule is Nc1nc2c(ncn2[C@H]2C[C@@H]3OP(=O)(O)OC[C@H]3O2)c(=O)[nH]1. The van der Waals surface area contributed by atoms with Crippen LogP contribution in [0.1, 0.15) is 12.6 Å². The van der Waals surface area contributed by atoms with Crippen molar-refractivity contribution in [2.75, 3.05) is 12.3 Å². The minimum Gasteiger partial charge on any atom is -0.369 e. The van der Waals surface area contributed by atoms with Gasteiger partial charge < -0.3 is 15.4 Å². The number of aromatic nitrogens is 4. The van der Waals surface area contributed by atoms with Gasteiger partial charge in [0.15, 0.2) is 11.2 Å². The van der Waals surface area contributed by atoms with Gasteiger partial charge in [0.1, 0.15) is 18.4 Å². The lowest BCUT2D eigenvalue weighted by atomic mass is 10.2. The summed E-state index contributed by atoms with van der Waals surface area (Å²) in [5.74, 6) is -0.0332. The number of hydrogen-bond donors (Lipinski definition) is 3. The van der Waals surface area contributed by atoms with Crippen LogP contribution >= 0.6 is 7.82 Å². The Morgan fingerprint density at radius 1 is 1.50 bits per heavy atom. The molecule has 0 saturated carbocycles. The number of ether oxygens (including phenoxy) is 1. The van der Waals surface area contributed by atoms with E-state index in [1.54, 1.807) is 4.57 Å². The number of imidazole rings is 1. The molecule has 0 spiro atoms. The molecule has 2 saturated heterocycles. The average Bonchev–Trinajstić information content (AvgIpc) is 3.00. The van der Waals surface area contributed by atoms with E-state index in [0.717, 1.165) is 0 Å². The van der Waals surface area contributed by atoms with Gasteiger partial charge in [0.05, 0.1) is 12.9 Å². The van der Waals surface area contributed by atoms with Crippen LogP contribution in [0.5, 0.6) is 0 Å². The van der Waals surface area contributed by atoms with Gasteiger partial charge in [-0.3, -0.25) is 23.4 Å². The van der Waals surface area contributed by atoms with E-state index >= 15 is 0 Å². The lowest BCUT2D eigenvalue weighted by Gasteiger charge is -2.26. The minimum atomic E-state index is -4.02. The summed E-state index contributed by atoms with van der Waals surface area (Å²) in [6, 6.07) is 0. The number of aromatic amines is 1. The van der Waals surface area contributed by atoms with Crippen molar-refractivity contribution in [1.29, 1.82) is 0 Å². The van der Waals surface area contributed by atoms with Crippen LogP contribution in [0.4, 0.5) is 5.95 Å². The van der Waals surface area contributed by atoms with Crippen molar-refractivity contribution >= 4 is 24.9 Å². The second-order valence-electron chi connectivity index (χ2n) is 5.05. The number of nitrogens with zero attached hydrogens (tertiary/aromatic N) is 3. The summed E-state index contributed by atoms with van der Waals surface area (Å²) in [4.78, 5) is 31.5. The lowest BCUT2D eigenvalue weighted by Crippen LogP contribution is -2.32. The third-order valence-electron chi connectivity index (χ3n) is 3.61. The molecule has 0 radical (unpaired) electrons. The van der Waals surface area contributed by atoms with Crippen LogP contribution in [0, 0.1) is 0 Å². The first-order valence-corrected chi connectivity index (χ1v) is 7.96. The number of rotatable bonds is 1. The highest BCUT2D eigenvalue weighted by atomic mass is 31.2. The minimum absolute atomic E-state index is 0.0332. The molecule has 118 valence electrons. The van der Waals surface area contributed by atoms with Crippen molar-refractivity contribution in [1.82, 2.24) is 19.5 Å². The second kappa shape index (κ2) is 4.61. The smallest absolute Gasteiger partial charge is 0.369 e. The van der Waals surface area contributed by atoms with Crippen molar-refractivity contribution in [2.45, 2.75) is 24.9 Å². The van der Waals surface area contributed by atoms with Gasteiger partial charge in [-0.05, 0) is 0 Å². The Labute approximate surface area is 122 Å². The van der Waals surface area contributed by atoms with Gasteiger partial charge in [-0.1, -0.05) is 0 Å². The lowest BCUT2D eigenvalue weighted by molar-refractivity contribution is -0.0661. The van der Waals surface area contributed by atoms with Crippen molar-refractivity contribution in [2.24, 2.45) is 0 Å². The quantitative estimate of drug-likeness (QED) is 0.587. The third-order valence-corrected chi connectivity index (χ3v) is 4.62. The number of nitrogens with one attached hydrogen (secondary N) is 1. The number of fused-ring (bicyclic) bond motifs is 2. The fourth-order valence-corrected chi connectivity index (χ4v) is 3.62. The highest BCUT2D eigenvalue weighted by molar-refractivity contribution is 7.47. The Bertz CT molecular complexity index is 848. The zero-order valence-corrected chi connectivity index (χ0v) is 12.0. The van der Waals surface area contributed by atoms with Crippen LogP contribution in [0.3, 0.4) is 0 Å². The number of phosphoric acid groups is 1. The van der Waals surface area contributed by atoms with Crippen molar-refractivity contribution in [3.05, 3.63) is 16.7 Å². The maximum Gasteiger partial charge on any atom is 0.472 e. The van der Waals surface area contributed by atoms with Crippen LogP contribution in [-0.2, 0) is 18.3 Å². The standard InChI is InChI=1S/C10H12N5O6P/c11-10-13-8-7(9(16)14-10)12-3-15(8)6-1-4-5(20-6)2-19-22(17,18)21-4/h3-6H,1-2H2,(H,17,18)(H3,11,13,14,16)/t4-,5+,6+/m0/s1. The van der Waals surface area contributed by atoms with Crippen LogP contribution < -0.4 is 11.3 Å². The molecule has 0 aliphatic carbocycles. The summed E-state index contributed by atoms with van der Waals surface area (Å²) in [5, 5.41) is 0. The molecule has 0 aromatic carbocycles. The Morgan fingerprint density at radius 3 is 3.14 bits per heavy atom. The first kappa shape index (κ1) is 13.9. The van der Waals surface area contributed by atoms with Gasteiger partial charge in [-0.15, -0.1) is 0 Å². The van der Waals surface area contributed by atoms with Crippen LogP contribution in [0.2, 0.25) is 0 Å². The second-order valence-corrected chi connectivity index (χ2v) is 6.45. The van der Waals surface area contributed by atoms with E-state index < -0.39 is 31.8 Å². The molecule has 4 N–H and O–H groups in total. The number of phosphoric ester groups is 1. The third kappa shape index (κ3) is 2.14. The molecule has 2 aromatic rings. The molecule has 0 amide bonds. The summed E-state index contributed by atoms with van der Waals surface area (Å²) in [7, 11) is -4.02. The zero-order chi connectivity index (χ0) is 15.5. The van der Waals surface area contributed by atoms with Crippen molar-refractivity contribution < 1.29 is 23.2 Å². The number of hydrogen-bond acceptors (Lipinski definition) is 8. The maximum absolute atomic E-state index is 11.8. The first-order chi connectivity index (χ1) is 10.4. The molecule has 2 aromatic heterocycles. The fourth-order valence-electron chi connectivity index (χ4n) is 2.66. The van der Waals surface area contributed by atoms with E-state index in [2.05, 4.69) is 15.0 Å². The summed E-state index contributed by atoms with van der Waals surface area (Å²) in [6.07, 6.45) is 0.115. The van der Waals surface area contributed by atoms with Crippen LogP contribution in [-0.4, -0.2) is 43.2 Å². The van der Waals surface area contributed by atoms with Gasteiger partial charge in [0.25, 0.3) is 5.56 Å². The van der Waals surface area contributed by atoms with Gasteiger partial charge in [-0.25, -0.2) is 9.55 Å². The predicted octanol–water partition coefficient (Wildman–Crippen LogP) is -0.495. The van der Waals surface area contributed by atoms with Crippen molar-refractivity contribution in [3.8, 4) is 0 Å². The summed E-state index contributed by atoms with van der Waals surface area (Å²) in [6.45, 7) is -0.0439. The molecular weight excluding hydrogens is 317 g/mol. The topological polar surface area (TPSA) is 155 Å². The zero-order valence-electron chi connectivity index (χ0n) is 11.1. The maximum atomic E-state index is 11.8. The molecule has 11 nitrogen and oxygen atoms in total. The highest BCUT2D eigenvalue weighted by Gasteiger charge is 2.46. The molecule has 0 bridgehead atoms. The van der Waals surface area contributed by atoms with E-state index in [-0.39, 0.29) is 23.7 Å². The Morgan fingerprint density at radius 2 is 2.32 bits per heavy atom. The number of H-pyrrole nitrogens is 1. The Kier molecular flexibility index (Phi) is 2.90. The van der Waals surface area contributed by atoms with Crippen LogP contribution in [0.15, 0.2) is 11.1 Å². The molecule has 22 heavy (non-hydrogen) atoms. The molecular formula is C10H12N5O6P. The molecule has 4 rings (SSSR count). The van der Waals surface area contributed by atoms with Crippen molar-refractivity contribution in [3.63, 3.8) is 0 Å². The molecule has 12 heteroatoms. The molecule has 2 aliphatic heterocycles. The fraction of sp³-hybridized carbons (Fsp3) is 0.500. The molecule has 4 heterocycles. The van der Waals surface area contributed by atoms with E-state index in [1.807, 2.05) is 0 Å². The monoisotopic (exact) mass is 329 g/mol. The molecule has 2 fully saturated rings. The Hall–Kier alpha value is -1.78. The largest absolute Gasteiger partial charge is 0.472 e. The normalized spacial score (nSPS) is 34.9. The van der Waals surface area contributed by atoms with E-state index in [0.29, 0.717) is 6.42 Å². The highest BCUT2D eigenvalue weighted by Crippen LogP contribution is 2.52. The number of nitrogen functional groups attached to an aromatic ring is 1. The summed E-state index contributed by atoms with van der Waals surface area (Å²) < 4.78 is 28.4. The van der Waals surface area contributed by atoms with Gasteiger partial charge in [0.2, 0.25) is 5.95 Å². The van der Waals surface area contributed by atoms with Gasteiger partial charge in [-0.2, -0.15) is 4.98 Å². The summed E-state index contributed by atoms with van der Waals surface area (Å²) in [5.41, 5.74) is 5.51. The van der Waals surface area contributed by atoms with E-state index in [9.17, 15) is 14.3 Å². The summed E-state index contributed by atoms with van der Waals surface area (Å²) >= 11 is 0. The number of nitrogens with two attached hydrogens (primary N) is 1. The van der Waals surface area contributed by atoms with Gasteiger partial charge >= 0.3 is 7.82 Å². The van der Waals surface area contributed by atoms with Crippen LogP contribution in [0.25, 0.3) is 11.2 Å². The number of anilines is 1.